The molecule has 0 unspecified atom stereocenters. The molecule has 2 aromatic carbocycles. The standard InChI is InChI=1S/C49H62N2O13Si/c1-23-16-15-17-24(2)47(58)51-38-42(56)35-34(37-45(38)62-33-22-30(18-19-31(33)50-37)64-65(13,14)48(8,9)10)36-44(28(6)41(35)55)63-49(11,46(36)57)60-21-20-32(59-12)25(3)43(61-29(7)52)27(5)40(54)26(4)39(23)53/h15-23,25-27,32,39-40,43,53-55H,1-14H3,(H,51,58)/b16-15+,21-20+,24-17-/t23-,25+,26+,27+,32-,39-,40+,43+,49-/m0/s1. The van der Waals surface area contributed by atoms with E-state index in [0.29, 0.717) is 11.3 Å². The van der Waals surface area contributed by atoms with Crippen LogP contribution in [0.1, 0.15) is 85.2 Å². The lowest BCUT2D eigenvalue weighted by Gasteiger charge is -2.38. The van der Waals surface area contributed by atoms with Gasteiger partial charge in [0.15, 0.2) is 11.3 Å². The molecule has 0 saturated heterocycles. The number of phenolic OH excluding ortho intramolecular Hbond substituents is 1. The van der Waals surface area contributed by atoms with E-state index < -0.39 is 91.0 Å². The number of esters is 1. The van der Waals surface area contributed by atoms with Crippen molar-refractivity contribution in [2.75, 3.05) is 12.4 Å². The highest BCUT2D eigenvalue weighted by Gasteiger charge is 2.50. The highest BCUT2D eigenvalue weighted by Crippen LogP contribution is 2.51. The van der Waals surface area contributed by atoms with Crippen molar-refractivity contribution < 1.29 is 57.5 Å². The molecule has 3 aliphatic heterocycles. The zero-order chi connectivity index (χ0) is 48.2. The van der Waals surface area contributed by atoms with E-state index >= 15 is 0 Å². The third kappa shape index (κ3) is 9.05. The van der Waals surface area contributed by atoms with Crippen LogP contribution in [0, 0.1) is 30.6 Å². The van der Waals surface area contributed by atoms with Crippen molar-refractivity contribution in [2.24, 2.45) is 23.7 Å². The van der Waals surface area contributed by atoms with E-state index in [4.69, 9.17) is 32.8 Å². The van der Waals surface area contributed by atoms with Crippen molar-refractivity contribution in [1.82, 2.24) is 4.98 Å². The number of aromatic hydroxyl groups is 1. The van der Waals surface area contributed by atoms with Crippen LogP contribution in [0.15, 0.2) is 63.6 Å². The molecule has 15 nitrogen and oxygen atoms in total. The quantitative estimate of drug-likeness (QED) is 0.0656. The summed E-state index contributed by atoms with van der Waals surface area (Å²) in [4.78, 5) is 60.9. The molecule has 65 heavy (non-hydrogen) atoms. The molecule has 0 spiro atoms. The summed E-state index contributed by atoms with van der Waals surface area (Å²) in [5, 5.41) is 37.1. The fraction of sp³-hybridized carbons (Fsp3) is 0.490. The molecule has 2 aromatic rings. The van der Waals surface area contributed by atoms with Crippen molar-refractivity contribution in [2.45, 2.75) is 124 Å². The number of carbonyl (C=O) groups excluding carboxylic acids is 3. The number of carbonyl (C=O) groups is 3. The van der Waals surface area contributed by atoms with Gasteiger partial charge in [0, 0.05) is 67.2 Å². The van der Waals surface area contributed by atoms with Gasteiger partial charge in [0.2, 0.25) is 13.7 Å². The first-order chi connectivity index (χ1) is 30.2. The summed E-state index contributed by atoms with van der Waals surface area (Å²) in [5.41, 5.74) is -0.513. The second-order valence-electron chi connectivity index (χ2n) is 19.2. The summed E-state index contributed by atoms with van der Waals surface area (Å²) >= 11 is 0. The number of aromatic nitrogens is 1. The largest absolute Gasteiger partial charge is 0.543 e. The lowest BCUT2D eigenvalue weighted by molar-refractivity contribution is -0.160. The molecule has 0 fully saturated rings. The summed E-state index contributed by atoms with van der Waals surface area (Å²) < 4.78 is 37.0. The Balaban J connectivity index is 1.60. The van der Waals surface area contributed by atoms with E-state index in [1.807, 2.05) is 0 Å². The highest BCUT2D eigenvalue weighted by atomic mass is 28.4. The average Bonchev–Trinajstić information content (AvgIpc) is 3.50. The Morgan fingerprint density at radius 1 is 0.969 bits per heavy atom. The molecule has 9 atom stereocenters. The van der Waals surface area contributed by atoms with Gasteiger partial charge in [-0.1, -0.05) is 66.7 Å². The van der Waals surface area contributed by atoms with Crippen LogP contribution in [0.3, 0.4) is 0 Å². The number of allylic oxidation sites excluding steroid dienone is 2. The molecule has 0 aromatic heterocycles. The van der Waals surface area contributed by atoms with Gasteiger partial charge in [0.1, 0.15) is 40.3 Å². The van der Waals surface area contributed by atoms with E-state index in [-0.39, 0.29) is 61.0 Å². The van der Waals surface area contributed by atoms with Crippen molar-refractivity contribution in [3.05, 3.63) is 75.7 Å². The first-order valence-electron chi connectivity index (χ1n) is 21.8. The third-order valence-corrected chi connectivity index (χ3v) is 17.8. The molecule has 0 radical (unpaired) electrons. The number of hydrogen-bond donors (Lipinski definition) is 4. The number of rotatable bonds is 4. The van der Waals surface area contributed by atoms with Gasteiger partial charge in [-0.15, -0.1) is 0 Å². The Kier molecular flexibility index (Phi) is 13.6. The number of amides is 1. The zero-order valence-electron chi connectivity index (χ0n) is 39.6. The molecule has 3 heterocycles. The minimum Gasteiger partial charge on any atom is -0.543 e. The van der Waals surface area contributed by atoms with Gasteiger partial charge >= 0.3 is 11.8 Å². The maximum absolute atomic E-state index is 14.8. The number of ether oxygens (including phenoxy) is 4. The van der Waals surface area contributed by atoms with Gasteiger partial charge in [0.25, 0.3) is 11.7 Å². The summed E-state index contributed by atoms with van der Waals surface area (Å²) in [6.07, 6.45) is 3.61. The monoisotopic (exact) mass is 914 g/mol. The number of nitrogens with zero attached hydrogens (tertiary/aromatic N) is 1. The molecular weight excluding hydrogens is 853 g/mol. The van der Waals surface area contributed by atoms with Crippen molar-refractivity contribution >= 4 is 53.5 Å². The first kappa shape index (κ1) is 48.9. The van der Waals surface area contributed by atoms with Gasteiger partial charge in [-0.05, 0) is 50.2 Å². The Morgan fingerprint density at radius 2 is 1.65 bits per heavy atom. The highest BCUT2D eigenvalue weighted by molar-refractivity contribution is 6.74. The number of phenols is 1. The molecule has 1 amide bonds. The van der Waals surface area contributed by atoms with Crippen molar-refractivity contribution in [3.63, 3.8) is 0 Å². The maximum Gasteiger partial charge on any atom is 0.312 e. The van der Waals surface area contributed by atoms with Crippen LogP contribution in [0.5, 0.6) is 17.2 Å². The van der Waals surface area contributed by atoms with Gasteiger partial charge in [-0.3, -0.25) is 19.2 Å². The van der Waals surface area contributed by atoms with Crippen LogP contribution in [0.4, 0.5) is 5.69 Å². The predicted octanol–water partition coefficient (Wildman–Crippen LogP) is 8.33. The topological polar surface area (TPSA) is 213 Å². The molecule has 4 aliphatic rings. The fourth-order valence-corrected chi connectivity index (χ4v) is 9.32. The van der Waals surface area contributed by atoms with E-state index in [1.54, 1.807) is 58.0 Å². The number of methoxy groups -OCH3 is 1. The van der Waals surface area contributed by atoms with E-state index in [1.165, 1.54) is 53.2 Å². The van der Waals surface area contributed by atoms with E-state index in [9.17, 15) is 34.5 Å². The van der Waals surface area contributed by atoms with Crippen LogP contribution >= 0.6 is 0 Å². The number of ketones is 1. The average molecular weight is 915 g/mol. The Hall–Kier alpha value is -5.55. The predicted molar refractivity (Wildman–Crippen MR) is 249 cm³/mol. The number of aliphatic hydroxyl groups excluding tert-OH is 2. The fourth-order valence-electron chi connectivity index (χ4n) is 8.30. The smallest absolute Gasteiger partial charge is 0.312 e. The molecular formula is C49H62N2O13Si. The number of nitrogens with one attached hydrogen (secondary N) is 1. The SMILES string of the molecule is CO[C@H]1/C=C/O[C@@]2(C)Oc3c(C)c(O)c4c(=O)c(c5oc6cc(O[Si](C)(C)C(C)(C)C)ccc6nc-5c4c3C2=O)NC(=O)/C(C)=C\C=C\[C@H](C)[C@H](O)[C@@H](C)[C@@H](O)[C@@H](C)[C@H](OC(C)=O)[C@@H]1C. The number of aliphatic hydroxyl groups is 2. The van der Waals surface area contributed by atoms with Crippen LogP contribution in [0.2, 0.25) is 18.1 Å². The van der Waals surface area contributed by atoms with Crippen LogP contribution in [-0.2, 0) is 23.8 Å². The van der Waals surface area contributed by atoms with Gasteiger partial charge in [-0.25, -0.2) is 4.98 Å². The summed E-state index contributed by atoms with van der Waals surface area (Å²) in [6.45, 7) is 23.2. The normalized spacial score (nSPS) is 29.0. The molecule has 0 saturated carbocycles. The van der Waals surface area contributed by atoms with Gasteiger partial charge in [0.05, 0.1) is 35.5 Å². The lowest BCUT2D eigenvalue weighted by atomic mass is 9.78. The Labute approximate surface area is 379 Å². The third-order valence-electron chi connectivity index (χ3n) is 13.5. The second-order valence-corrected chi connectivity index (χ2v) is 23.9. The Morgan fingerprint density at radius 3 is 2.28 bits per heavy atom. The van der Waals surface area contributed by atoms with E-state index in [0.717, 1.165) is 0 Å². The first-order valence-corrected chi connectivity index (χ1v) is 24.7. The lowest BCUT2D eigenvalue weighted by Crippen LogP contribution is -2.46. The number of anilines is 1. The minimum absolute atomic E-state index is 0.0160. The molecule has 6 rings (SSSR count). The van der Waals surface area contributed by atoms with Gasteiger partial charge < -0.3 is 48.4 Å². The number of Topliss-reactive ketones (excluding diaryl/α,β-unsaturated/α-hetero) is 1. The molecule has 350 valence electrons. The molecule has 1 aliphatic carbocycles. The number of benzene rings is 3. The van der Waals surface area contributed by atoms with Crippen molar-refractivity contribution in [3.8, 4) is 28.7 Å². The maximum atomic E-state index is 14.8. The number of fused-ring (bicyclic) bond motifs is 2. The summed E-state index contributed by atoms with van der Waals surface area (Å²) in [6, 6.07) is 5.12. The summed E-state index contributed by atoms with van der Waals surface area (Å²) in [5.74, 6) is -6.74. The molecule has 16 heteroatoms. The van der Waals surface area contributed by atoms with Crippen LogP contribution in [0.25, 0.3) is 33.3 Å². The second kappa shape index (κ2) is 18.0. The van der Waals surface area contributed by atoms with E-state index in [2.05, 4.69) is 39.2 Å². The molecule has 4 bridgehead atoms. The van der Waals surface area contributed by atoms with Crippen LogP contribution in [-0.4, -0.2) is 83.6 Å². The Bertz CT molecular complexity index is 2660. The van der Waals surface area contributed by atoms with Gasteiger partial charge in [-0.2, -0.15) is 0 Å². The summed E-state index contributed by atoms with van der Waals surface area (Å²) in [7, 11) is -0.871. The van der Waals surface area contributed by atoms with Crippen molar-refractivity contribution in [1.29, 1.82) is 0 Å². The van der Waals surface area contributed by atoms with Crippen LogP contribution < -0.4 is 19.9 Å². The zero-order valence-corrected chi connectivity index (χ0v) is 40.6. The minimum atomic E-state index is -2.32. The molecule has 4 N–H and O–H groups in total. The number of hydrogen-bond acceptors (Lipinski definition) is 14.